The van der Waals surface area contributed by atoms with Crippen LogP contribution < -0.4 is 16.0 Å². The van der Waals surface area contributed by atoms with E-state index < -0.39 is 0 Å². The maximum atomic E-state index is 11.7. The van der Waals surface area contributed by atoms with Gasteiger partial charge in [-0.3, -0.25) is 0 Å². The average molecular weight is 261 g/mol. The highest BCUT2D eigenvalue weighted by atomic mass is 16.2. The number of nitrogens with one attached hydrogen (secondary N) is 3. The highest BCUT2D eigenvalue weighted by Crippen LogP contribution is 2.02. The van der Waals surface area contributed by atoms with Crippen LogP contribution in [0, 0.1) is 0 Å². The van der Waals surface area contributed by atoms with E-state index in [1.165, 1.54) is 5.56 Å². The average Bonchev–Trinajstić information content (AvgIpc) is 2.46. The molecule has 1 aliphatic rings. The van der Waals surface area contributed by atoms with Crippen LogP contribution in [0.2, 0.25) is 0 Å². The summed E-state index contributed by atoms with van der Waals surface area (Å²) in [5.74, 6) is 0. The number of amides is 2. The van der Waals surface area contributed by atoms with E-state index >= 15 is 0 Å². The molecular formula is C15H23N3O. The maximum Gasteiger partial charge on any atom is 0.315 e. The van der Waals surface area contributed by atoms with Crippen LogP contribution in [0.1, 0.15) is 24.8 Å². The van der Waals surface area contributed by atoms with Crippen molar-refractivity contribution in [3.63, 3.8) is 0 Å². The molecule has 0 bridgehead atoms. The molecule has 1 aromatic carbocycles. The van der Waals surface area contributed by atoms with Crippen LogP contribution in [-0.2, 0) is 6.42 Å². The lowest BCUT2D eigenvalue weighted by atomic mass is 10.1. The number of aryl methyl sites for hydroxylation is 1. The molecule has 1 aliphatic heterocycles. The summed E-state index contributed by atoms with van der Waals surface area (Å²) in [5.41, 5.74) is 1.32. The molecule has 0 saturated carbocycles. The summed E-state index contributed by atoms with van der Waals surface area (Å²) in [7, 11) is 0. The van der Waals surface area contributed by atoms with Crippen molar-refractivity contribution in [1.82, 2.24) is 16.0 Å². The van der Waals surface area contributed by atoms with Gasteiger partial charge in [-0.2, -0.15) is 0 Å². The number of piperidine rings is 1. The van der Waals surface area contributed by atoms with Crippen molar-refractivity contribution in [3.8, 4) is 0 Å². The van der Waals surface area contributed by atoms with Crippen molar-refractivity contribution < 1.29 is 4.79 Å². The smallest absolute Gasteiger partial charge is 0.315 e. The van der Waals surface area contributed by atoms with Crippen LogP contribution in [0.4, 0.5) is 4.79 Å². The zero-order valence-electron chi connectivity index (χ0n) is 11.3. The Morgan fingerprint density at radius 1 is 1.21 bits per heavy atom. The molecule has 2 rings (SSSR count). The topological polar surface area (TPSA) is 53.2 Å². The predicted octanol–water partition coefficient (Wildman–Crippen LogP) is 1.67. The number of hydrogen-bond acceptors (Lipinski definition) is 2. The Bertz CT molecular complexity index is 374. The Kier molecular flexibility index (Phi) is 5.69. The molecule has 1 aromatic rings. The quantitative estimate of drug-likeness (QED) is 0.706. The van der Waals surface area contributed by atoms with Crippen molar-refractivity contribution in [3.05, 3.63) is 35.9 Å². The van der Waals surface area contributed by atoms with Gasteiger partial charge in [0.15, 0.2) is 0 Å². The molecule has 0 atom stereocenters. The van der Waals surface area contributed by atoms with Crippen LogP contribution in [0.3, 0.4) is 0 Å². The van der Waals surface area contributed by atoms with Gasteiger partial charge in [0, 0.05) is 12.6 Å². The third-order valence-corrected chi connectivity index (χ3v) is 3.44. The lowest BCUT2D eigenvalue weighted by Crippen LogP contribution is -2.46. The third kappa shape index (κ3) is 5.30. The molecule has 1 fully saturated rings. The normalized spacial score (nSPS) is 16.0. The van der Waals surface area contributed by atoms with E-state index in [1.54, 1.807) is 0 Å². The number of urea groups is 1. The van der Waals surface area contributed by atoms with Gasteiger partial charge in [-0.05, 0) is 44.3 Å². The minimum Gasteiger partial charge on any atom is -0.338 e. The number of carbonyl (C=O) groups excluding carboxylic acids is 1. The van der Waals surface area contributed by atoms with Crippen LogP contribution >= 0.6 is 0 Å². The van der Waals surface area contributed by atoms with Crippen LogP contribution in [0.25, 0.3) is 0 Å². The van der Waals surface area contributed by atoms with E-state index in [0.717, 1.165) is 45.3 Å². The first kappa shape index (κ1) is 13.9. The summed E-state index contributed by atoms with van der Waals surface area (Å²) in [6.45, 7) is 2.73. The lowest BCUT2D eigenvalue weighted by Gasteiger charge is -2.23. The Hall–Kier alpha value is -1.55. The highest BCUT2D eigenvalue weighted by molar-refractivity contribution is 5.74. The van der Waals surface area contributed by atoms with Gasteiger partial charge in [0.1, 0.15) is 0 Å². The monoisotopic (exact) mass is 261 g/mol. The molecule has 1 heterocycles. The molecule has 4 nitrogen and oxygen atoms in total. The van der Waals surface area contributed by atoms with E-state index in [0.29, 0.717) is 6.04 Å². The number of rotatable bonds is 5. The predicted molar refractivity (Wildman–Crippen MR) is 77.2 cm³/mol. The zero-order chi connectivity index (χ0) is 13.3. The Morgan fingerprint density at radius 2 is 1.95 bits per heavy atom. The van der Waals surface area contributed by atoms with Gasteiger partial charge in [-0.1, -0.05) is 30.3 Å². The molecule has 4 heteroatoms. The summed E-state index contributed by atoms with van der Waals surface area (Å²) in [5, 5.41) is 9.24. The van der Waals surface area contributed by atoms with Gasteiger partial charge < -0.3 is 16.0 Å². The molecule has 0 unspecified atom stereocenters. The summed E-state index contributed by atoms with van der Waals surface area (Å²) in [6.07, 6.45) is 4.03. The SMILES string of the molecule is O=C(NCCCc1ccccc1)NC1CCNCC1. The third-order valence-electron chi connectivity index (χ3n) is 3.44. The first-order chi connectivity index (χ1) is 9.34. The first-order valence-corrected chi connectivity index (χ1v) is 7.13. The van der Waals surface area contributed by atoms with Crippen molar-refractivity contribution in [2.75, 3.05) is 19.6 Å². The molecule has 1 saturated heterocycles. The van der Waals surface area contributed by atoms with Crippen molar-refractivity contribution in [2.24, 2.45) is 0 Å². The second-order valence-electron chi connectivity index (χ2n) is 5.01. The number of benzene rings is 1. The molecule has 2 amide bonds. The van der Waals surface area contributed by atoms with Crippen molar-refractivity contribution >= 4 is 6.03 Å². The second-order valence-corrected chi connectivity index (χ2v) is 5.01. The Labute approximate surface area is 115 Å². The minimum absolute atomic E-state index is 0.0278. The van der Waals surface area contributed by atoms with Gasteiger partial charge >= 0.3 is 6.03 Å². The van der Waals surface area contributed by atoms with Gasteiger partial charge in [0.2, 0.25) is 0 Å². The van der Waals surface area contributed by atoms with E-state index in [1.807, 2.05) is 18.2 Å². The van der Waals surface area contributed by atoms with Gasteiger partial charge in [0.05, 0.1) is 0 Å². The molecule has 0 radical (unpaired) electrons. The van der Waals surface area contributed by atoms with Crippen LogP contribution in [-0.4, -0.2) is 31.7 Å². The second kappa shape index (κ2) is 7.79. The summed E-state index contributed by atoms with van der Waals surface area (Å²) >= 11 is 0. The molecule has 3 N–H and O–H groups in total. The fourth-order valence-electron chi connectivity index (χ4n) is 2.34. The molecule has 104 valence electrons. The lowest BCUT2D eigenvalue weighted by molar-refractivity contribution is 0.233. The Balaban J connectivity index is 1.56. The van der Waals surface area contributed by atoms with E-state index in [2.05, 4.69) is 28.1 Å². The summed E-state index contributed by atoms with van der Waals surface area (Å²) in [6, 6.07) is 10.7. The zero-order valence-corrected chi connectivity index (χ0v) is 11.3. The number of hydrogen-bond donors (Lipinski definition) is 3. The molecular weight excluding hydrogens is 238 g/mol. The van der Waals surface area contributed by atoms with Crippen molar-refractivity contribution in [2.45, 2.75) is 31.7 Å². The standard InChI is InChI=1S/C15H23N3O/c19-15(18-14-8-11-16-12-9-14)17-10-4-7-13-5-2-1-3-6-13/h1-3,5-6,14,16H,4,7-12H2,(H2,17,18,19). The molecule has 0 spiro atoms. The molecule has 0 aliphatic carbocycles. The minimum atomic E-state index is -0.0278. The first-order valence-electron chi connectivity index (χ1n) is 7.13. The molecule has 0 aromatic heterocycles. The molecule has 19 heavy (non-hydrogen) atoms. The van der Waals surface area contributed by atoms with Gasteiger partial charge in [-0.15, -0.1) is 0 Å². The van der Waals surface area contributed by atoms with E-state index in [4.69, 9.17) is 0 Å². The van der Waals surface area contributed by atoms with Crippen LogP contribution in [0.15, 0.2) is 30.3 Å². The van der Waals surface area contributed by atoms with Gasteiger partial charge in [0.25, 0.3) is 0 Å². The maximum absolute atomic E-state index is 11.7. The number of carbonyl (C=O) groups is 1. The van der Waals surface area contributed by atoms with Crippen molar-refractivity contribution in [1.29, 1.82) is 0 Å². The Morgan fingerprint density at radius 3 is 2.68 bits per heavy atom. The largest absolute Gasteiger partial charge is 0.338 e. The van der Waals surface area contributed by atoms with Crippen LogP contribution in [0.5, 0.6) is 0 Å². The summed E-state index contributed by atoms with van der Waals surface area (Å²) < 4.78 is 0. The summed E-state index contributed by atoms with van der Waals surface area (Å²) in [4.78, 5) is 11.7. The van der Waals surface area contributed by atoms with E-state index in [-0.39, 0.29) is 6.03 Å². The fraction of sp³-hybridized carbons (Fsp3) is 0.533. The van der Waals surface area contributed by atoms with Gasteiger partial charge in [-0.25, -0.2) is 4.79 Å². The fourth-order valence-corrected chi connectivity index (χ4v) is 2.34. The highest BCUT2D eigenvalue weighted by Gasteiger charge is 2.14. The van der Waals surface area contributed by atoms with E-state index in [9.17, 15) is 4.79 Å².